The van der Waals surface area contributed by atoms with Gasteiger partial charge in [-0.2, -0.15) is 4.31 Å². The second-order valence-electron chi connectivity index (χ2n) is 6.34. The van der Waals surface area contributed by atoms with Gasteiger partial charge in [-0.3, -0.25) is 0 Å². The number of nitrogens with zero attached hydrogens (tertiary/aromatic N) is 2. The standard InChI is InChI=1S/C19H23ClN2O4S/c1-14-12-18(26-3)17(20)13-19(14)27(23,24)22-10-8-21(9-11-22)15-4-6-16(25-2)7-5-15/h4-7,12-13H,8-11H2,1-3H3. The van der Waals surface area contributed by atoms with E-state index in [0.717, 1.165) is 11.4 Å². The van der Waals surface area contributed by atoms with Crippen molar-refractivity contribution in [3.8, 4) is 11.5 Å². The number of rotatable bonds is 5. The number of methoxy groups -OCH3 is 2. The van der Waals surface area contributed by atoms with Crippen LogP contribution in [-0.2, 0) is 10.0 Å². The Kier molecular flexibility index (Phi) is 5.83. The maximum atomic E-state index is 13.1. The fraction of sp³-hybridized carbons (Fsp3) is 0.368. The molecule has 8 heteroatoms. The second-order valence-corrected chi connectivity index (χ2v) is 8.65. The van der Waals surface area contributed by atoms with E-state index < -0.39 is 10.0 Å². The summed E-state index contributed by atoms with van der Waals surface area (Å²) in [6.07, 6.45) is 0. The predicted molar refractivity (Wildman–Crippen MR) is 107 cm³/mol. The summed E-state index contributed by atoms with van der Waals surface area (Å²) in [6, 6.07) is 10.9. The zero-order valence-electron chi connectivity index (χ0n) is 15.6. The first-order valence-electron chi connectivity index (χ1n) is 8.60. The normalized spacial score (nSPS) is 15.6. The number of sulfonamides is 1. The molecule has 0 bridgehead atoms. The first-order valence-corrected chi connectivity index (χ1v) is 10.4. The molecule has 0 N–H and O–H groups in total. The lowest BCUT2D eigenvalue weighted by Gasteiger charge is -2.35. The monoisotopic (exact) mass is 410 g/mol. The van der Waals surface area contributed by atoms with Crippen LogP contribution in [0, 0.1) is 6.92 Å². The van der Waals surface area contributed by atoms with E-state index in [0.29, 0.717) is 42.5 Å². The van der Waals surface area contributed by atoms with Crippen LogP contribution in [0.25, 0.3) is 0 Å². The Morgan fingerprint density at radius 3 is 2.15 bits per heavy atom. The maximum absolute atomic E-state index is 13.1. The number of piperazine rings is 1. The largest absolute Gasteiger partial charge is 0.497 e. The van der Waals surface area contributed by atoms with Crippen molar-refractivity contribution in [2.24, 2.45) is 0 Å². The third-order valence-electron chi connectivity index (χ3n) is 4.74. The fourth-order valence-electron chi connectivity index (χ4n) is 3.19. The van der Waals surface area contributed by atoms with Crippen molar-refractivity contribution in [2.75, 3.05) is 45.3 Å². The van der Waals surface area contributed by atoms with Crippen LogP contribution in [0.1, 0.15) is 5.56 Å². The van der Waals surface area contributed by atoms with Gasteiger partial charge in [0.05, 0.1) is 24.1 Å². The predicted octanol–water partition coefficient (Wildman–Crippen LogP) is 3.18. The van der Waals surface area contributed by atoms with Crippen molar-refractivity contribution in [2.45, 2.75) is 11.8 Å². The first kappa shape index (κ1) is 19.8. The lowest BCUT2D eigenvalue weighted by atomic mass is 10.2. The van der Waals surface area contributed by atoms with E-state index in [9.17, 15) is 8.42 Å². The molecule has 0 saturated carbocycles. The first-order chi connectivity index (χ1) is 12.9. The fourth-order valence-corrected chi connectivity index (χ4v) is 5.15. The molecule has 146 valence electrons. The number of hydrogen-bond donors (Lipinski definition) is 0. The molecule has 1 fully saturated rings. The number of halogens is 1. The van der Waals surface area contributed by atoms with Gasteiger partial charge in [-0.1, -0.05) is 11.6 Å². The van der Waals surface area contributed by atoms with Gasteiger partial charge in [0.25, 0.3) is 0 Å². The lowest BCUT2D eigenvalue weighted by Crippen LogP contribution is -2.48. The van der Waals surface area contributed by atoms with E-state index in [-0.39, 0.29) is 4.90 Å². The van der Waals surface area contributed by atoms with Crippen LogP contribution in [0.4, 0.5) is 5.69 Å². The molecule has 0 amide bonds. The van der Waals surface area contributed by atoms with Gasteiger partial charge >= 0.3 is 0 Å². The third kappa shape index (κ3) is 4.00. The van der Waals surface area contributed by atoms with Crippen molar-refractivity contribution < 1.29 is 17.9 Å². The zero-order chi connectivity index (χ0) is 19.6. The maximum Gasteiger partial charge on any atom is 0.243 e. The van der Waals surface area contributed by atoms with Crippen molar-refractivity contribution in [1.82, 2.24) is 4.31 Å². The van der Waals surface area contributed by atoms with Crippen LogP contribution in [0.2, 0.25) is 5.02 Å². The molecule has 0 aromatic heterocycles. The molecular formula is C19H23ClN2O4S. The molecule has 2 aromatic carbocycles. The molecule has 0 aliphatic carbocycles. The Morgan fingerprint density at radius 2 is 1.59 bits per heavy atom. The summed E-state index contributed by atoms with van der Waals surface area (Å²) in [6.45, 7) is 3.82. The summed E-state index contributed by atoms with van der Waals surface area (Å²) < 4.78 is 38.0. The molecule has 2 aromatic rings. The summed E-state index contributed by atoms with van der Waals surface area (Å²) in [5.41, 5.74) is 1.67. The average molecular weight is 411 g/mol. The SMILES string of the molecule is COc1ccc(N2CCN(S(=O)(=O)c3cc(Cl)c(OC)cc3C)CC2)cc1. The zero-order valence-corrected chi connectivity index (χ0v) is 17.2. The number of aryl methyl sites for hydroxylation is 1. The van der Waals surface area contributed by atoms with Crippen molar-refractivity contribution in [1.29, 1.82) is 0 Å². The Bertz CT molecular complexity index is 908. The minimum Gasteiger partial charge on any atom is -0.497 e. The highest BCUT2D eigenvalue weighted by Gasteiger charge is 2.30. The highest BCUT2D eigenvalue weighted by Crippen LogP contribution is 2.32. The summed E-state index contributed by atoms with van der Waals surface area (Å²) in [5, 5.41) is 0.290. The number of ether oxygens (including phenoxy) is 2. The van der Waals surface area contributed by atoms with Crippen LogP contribution >= 0.6 is 11.6 Å². The molecule has 6 nitrogen and oxygen atoms in total. The molecule has 0 radical (unpaired) electrons. The molecule has 0 spiro atoms. The molecule has 1 heterocycles. The van der Waals surface area contributed by atoms with Crippen molar-refractivity contribution in [3.63, 3.8) is 0 Å². The van der Waals surface area contributed by atoms with Crippen LogP contribution < -0.4 is 14.4 Å². The quantitative estimate of drug-likeness (QED) is 0.757. The smallest absolute Gasteiger partial charge is 0.243 e. The Labute approximate surface area is 165 Å². The lowest BCUT2D eigenvalue weighted by molar-refractivity contribution is 0.384. The van der Waals surface area contributed by atoms with E-state index >= 15 is 0 Å². The summed E-state index contributed by atoms with van der Waals surface area (Å²) in [7, 11) is -0.472. The highest BCUT2D eigenvalue weighted by atomic mass is 35.5. The van der Waals surface area contributed by atoms with Gasteiger partial charge in [-0.15, -0.1) is 0 Å². The van der Waals surface area contributed by atoms with E-state index in [1.807, 2.05) is 24.3 Å². The van der Waals surface area contributed by atoms with Crippen LogP contribution in [0.3, 0.4) is 0 Å². The Balaban J connectivity index is 1.75. The van der Waals surface area contributed by atoms with E-state index in [4.69, 9.17) is 21.1 Å². The van der Waals surface area contributed by atoms with Gasteiger partial charge in [0.15, 0.2) is 0 Å². The number of hydrogen-bond acceptors (Lipinski definition) is 5. The van der Waals surface area contributed by atoms with Gasteiger partial charge < -0.3 is 14.4 Å². The molecule has 27 heavy (non-hydrogen) atoms. The molecule has 1 saturated heterocycles. The molecular weight excluding hydrogens is 388 g/mol. The molecule has 3 rings (SSSR count). The number of anilines is 1. The topological polar surface area (TPSA) is 59.1 Å². The van der Waals surface area contributed by atoms with E-state index in [1.165, 1.54) is 17.5 Å². The Hall–Kier alpha value is -1.96. The summed E-state index contributed by atoms with van der Waals surface area (Å²) in [4.78, 5) is 2.39. The van der Waals surface area contributed by atoms with Crippen LogP contribution in [-0.4, -0.2) is 53.1 Å². The van der Waals surface area contributed by atoms with Crippen molar-refractivity contribution >= 4 is 27.3 Å². The highest BCUT2D eigenvalue weighted by molar-refractivity contribution is 7.89. The van der Waals surface area contributed by atoms with Gasteiger partial charge in [0.1, 0.15) is 11.5 Å². The molecule has 0 unspecified atom stereocenters. The Morgan fingerprint density at radius 1 is 0.963 bits per heavy atom. The molecule has 1 aliphatic heterocycles. The molecule has 0 atom stereocenters. The minimum absolute atomic E-state index is 0.228. The van der Waals surface area contributed by atoms with Gasteiger partial charge in [0.2, 0.25) is 10.0 Å². The second kappa shape index (κ2) is 7.96. The molecule has 1 aliphatic rings. The van der Waals surface area contributed by atoms with Crippen LogP contribution in [0.15, 0.2) is 41.3 Å². The van der Waals surface area contributed by atoms with E-state index in [2.05, 4.69) is 4.90 Å². The van der Waals surface area contributed by atoms with E-state index in [1.54, 1.807) is 20.1 Å². The van der Waals surface area contributed by atoms with Gasteiger partial charge in [-0.25, -0.2) is 8.42 Å². The minimum atomic E-state index is -3.61. The number of benzene rings is 2. The van der Waals surface area contributed by atoms with Crippen molar-refractivity contribution in [3.05, 3.63) is 47.0 Å². The third-order valence-corrected chi connectivity index (χ3v) is 7.08. The van der Waals surface area contributed by atoms with Gasteiger partial charge in [-0.05, 0) is 48.9 Å². The summed E-state index contributed by atoms with van der Waals surface area (Å²) >= 11 is 6.15. The average Bonchev–Trinajstić information content (AvgIpc) is 2.69. The summed E-state index contributed by atoms with van der Waals surface area (Å²) in [5.74, 6) is 1.27. The van der Waals surface area contributed by atoms with Gasteiger partial charge in [0, 0.05) is 31.9 Å². The van der Waals surface area contributed by atoms with Crippen LogP contribution in [0.5, 0.6) is 11.5 Å².